The number of aromatic carboxylic acids is 1. The van der Waals surface area contributed by atoms with Crippen LogP contribution in [-0.2, 0) is 0 Å². The Morgan fingerprint density at radius 1 is 1.32 bits per heavy atom. The van der Waals surface area contributed by atoms with Gasteiger partial charge in [0.1, 0.15) is 5.82 Å². The van der Waals surface area contributed by atoms with E-state index in [2.05, 4.69) is 27.9 Å². The largest absolute Gasteiger partial charge is 0.478 e. The average Bonchev–Trinajstić information content (AvgIpc) is 2.34. The molecule has 0 aliphatic carbocycles. The first-order valence-electron chi connectivity index (χ1n) is 5.54. The van der Waals surface area contributed by atoms with Gasteiger partial charge in [0.15, 0.2) is 0 Å². The van der Waals surface area contributed by atoms with Crippen LogP contribution in [0.4, 0.5) is 15.8 Å². The average molecular weight is 371 g/mol. The SMILES string of the molecule is Cc1cc(I)ccc1Nc1c(F)cccc1C(=O)O. The van der Waals surface area contributed by atoms with Crippen LogP contribution in [-0.4, -0.2) is 11.1 Å². The minimum absolute atomic E-state index is 0.0145. The smallest absolute Gasteiger partial charge is 0.337 e. The third-order valence-electron chi connectivity index (χ3n) is 2.69. The summed E-state index contributed by atoms with van der Waals surface area (Å²) >= 11 is 2.18. The Labute approximate surface area is 123 Å². The fourth-order valence-electron chi connectivity index (χ4n) is 1.73. The van der Waals surface area contributed by atoms with Gasteiger partial charge in [0, 0.05) is 9.26 Å². The topological polar surface area (TPSA) is 49.3 Å². The molecule has 2 rings (SSSR count). The third kappa shape index (κ3) is 3.04. The van der Waals surface area contributed by atoms with E-state index in [1.807, 2.05) is 19.1 Å². The van der Waals surface area contributed by atoms with Gasteiger partial charge in [0.2, 0.25) is 0 Å². The lowest BCUT2D eigenvalue weighted by molar-refractivity contribution is 0.0697. The van der Waals surface area contributed by atoms with Crippen molar-refractivity contribution in [2.45, 2.75) is 6.92 Å². The third-order valence-corrected chi connectivity index (χ3v) is 3.36. The van der Waals surface area contributed by atoms with E-state index >= 15 is 0 Å². The molecule has 0 aromatic heterocycles. The summed E-state index contributed by atoms with van der Waals surface area (Å²) in [5, 5.41) is 11.9. The van der Waals surface area contributed by atoms with Crippen molar-refractivity contribution in [1.82, 2.24) is 0 Å². The molecule has 0 fully saturated rings. The monoisotopic (exact) mass is 371 g/mol. The zero-order valence-corrected chi connectivity index (χ0v) is 12.2. The molecular weight excluding hydrogens is 360 g/mol. The summed E-state index contributed by atoms with van der Waals surface area (Å²) in [5.41, 5.74) is 1.51. The molecule has 2 aromatic rings. The van der Waals surface area contributed by atoms with Gasteiger partial charge >= 0.3 is 5.97 Å². The van der Waals surface area contributed by atoms with E-state index in [-0.39, 0.29) is 11.3 Å². The Hall–Kier alpha value is -1.63. The highest BCUT2D eigenvalue weighted by Crippen LogP contribution is 2.27. The molecule has 0 saturated heterocycles. The normalized spacial score (nSPS) is 10.3. The van der Waals surface area contributed by atoms with E-state index in [4.69, 9.17) is 5.11 Å². The first kappa shape index (κ1) is 13.8. The van der Waals surface area contributed by atoms with Crippen LogP contribution in [0, 0.1) is 16.3 Å². The Balaban J connectivity index is 2.46. The maximum absolute atomic E-state index is 13.8. The number of hydrogen-bond acceptors (Lipinski definition) is 2. The molecule has 3 nitrogen and oxygen atoms in total. The summed E-state index contributed by atoms with van der Waals surface area (Å²) in [5.74, 6) is -1.75. The maximum atomic E-state index is 13.8. The number of carbonyl (C=O) groups is 1. The summed E-state index contributed by atoms with van der Waals surface area (Å²) in [6, 6.07) is 9.59. The van der Waals surface area contributed by atoms with Gasteiger partial charge in [-0.15, -0.1) is 0 Å². The van der Waals surface area contributed by atoms with Crippen LogP contribution in [0.15, 0.2) is 36.4 Å². The van der Waals surface area contributed by atoms with E-state index in [0.29, 0.717) is 5.69 Å². The van der Waals surface area contributed by atoms with Crippen molar-refractivity contribution in [3.05, 3.63) is 56.9 Å². The highest BCUT2D eigenvalue weighted by Gasteiger charge is 2.14. The summed E-state index contributed by atoms with van der Waals surface area (Å²) in [7, 11) is 0. The molecule has 0 saturated carbocycles. The summed E-state index contributed by atoms with van der Waals surface area (Å²) in [6.07, 6.45) is 0. The minimum Gasteiger partial charge on any atom is -0.478 e. The number of aryl methyl sites for hydroxylation is 1. The standard InChI is InChI=1S/C14H11FINO2/c1-8-7-9(16)5-6-12(8)17-13-10(14(18)19)3-2-4-11(13)15/h2-7,17H,1H3,(H,18,19). The molecule has 0 spiro atoms. The number of benzene rings is 2. The highest BCUT2D eigenvalue weighted by molar-refractivity contribution is 14.1. The lowest BCUT2D eigenvalue weighted by atomic mass is 10.1. The molecule has 98 valence electrons. The van der Waals surface area contributed by atoms with Crippen molar-refractivity contribution >= 4 is 39.9 Å². The fraction of sp³-hybridized carbons (Fsp3) is 0.0714. The predicted molar refractivity (Wildman–Crippen MR) is 80.5 cm³/mol. The van der Waals surface area contributed by atoms with Crippen LogP contribution in [0.2, 0.25) is 0 Å². The zero-order chi connectivity index (χ0) is 14.0. The van der Waals surface area contributed by atoms with Crippen LogP contribution >= 0.6 is 22.6 Å². The minimum atomic E-state index is -1.16. The molecule has 0 radical (unpaired) electrons. The lowest BCUT2D eigenvalue weighted by Crippen LogP contribution is -2.05. The Kier molecular flexibility index (Phi) is 4.04. The van der Waals surface area contributed by atoms with Crippen molar-refractivity contribution in [3.8, 4) is 0 Å². The number of halogens is 2. The Morgan fingerprint density at radius 3 is 2.68 bits per heavy atom. The molecule has 0 unspecified atom stereocenters. The van der Waals surface area contributed by atoms with Gasteiger partial charge in [-0.3, -0.25) is 0 Å². The molecule has 2 N–H and O–H groups in total. The van der Waals surface area contributed by atoms with Crippen molar-refractivity contribution in [1.29, 1.82) is 0 Å². The van der Waals surface area contributed by atoms with Gasteiger partial charge in [-0.25, -0.2) is 9.18 Å². The molecule has 19 heavy (non-hydrogen) atoms. The number of para-hydroxylation sites is 1. The quantitative estimate of drug-likeness (QED) is 0.796. The molecule has 0 heterocycles. The van der Waals surface area contributed by atoms with Crippen LogP contribution < -0.4 is 5.32 Å². The van der Waals surface area contributed by atoms with E-state index in [9.17, 15) is 9.18 Å². The number of hydrogen-bond donors (Lipinski definition) is 2. The van der Waals surface area contributed by atoms with Gasteiger partial charge < -0.3 is 10.4 Å². The lowest BCUT2D eigenvalue weighted by Gasteiger charge is -2.13. The van der Waals surface area contributed by atoms with Gasteiger partial charge in [-0.1, -0.05) is 6.07 Å². The highest BCUT2D eigenvalue weighted by atomic mass is 127. The maximum Gasteiger partial charge on any atom is 0.337 e. The molecule has 0 aliphatic rings. The van der Waals surface area contributed by atoms with Gasteiger partial charge in [0.25, 0.3) is 0 Å². The second-order valence-electron chi connectivity index (χ2n) is 4.05. The Morgan fingerprint density at radius 2 is 2.05 bits per heavy atom. The van der Waals surface area contributed by atoms with Crippen LogP contribution in [0.25, 0.3) is 0 Å². The second-order valence-corrected chi connectivity index (χ2v) is 5.30. The number of carboxylic acids is 1. The van der Waals surface area contributed by atoms with Crippen molar-refractivity contribution in [2.75, 3.05) is 5.32 Å². The molecule has 0 aliphatic heterocycles. The van der Waals surface area contributed by atoms with Gasteiger partial charge in [0.05, 0.1) is 11.3 Å². The molecule has 0 bridgehead atoms. The summed E-state index contributed by atoms with van der Waals surface area (Å²) in [4.78, 5) is 11.1. The predicted octanol–water partition coefficient (Wildman–Crippen LogP) is 4.18. The molecular formula is C14H11FINO2. The van der Waals surface area contributed by atoms with E-state index in [1.165, 1.54) is 18.2 Å². The zero-order valence-electron chi connectivity index (χ0n) is 10.1. The number of nitrogens with one attached hydrogen (secondary N) is 1. The summed E-state index contributed by atoms with van der Waals surface area (Å²) in [6.45, 7) is 1.88. The van der Waals surface area contributed by atoms with Crippen molar-refractivity contribution in [3.63, 3.8) is 0 Å². The number of anilines is 2. The Bertz CT molecular complexity index is 643. The van der Waals surface area contributed by atoms with Crippen LogP contribution in [0.1, 0.15) is 15.9 Å². The number of carboxylic acid groups (broad SMARTS) is 1. The molecule has 0 amide bonds. The first-order chi connectivity index (χ1) is 8.99. The second kappa shape index (κ2) is 5.56. The molecule has 0 atom stereocenters. The van der Waals surface area contributed by atoms with Gasteiger partial charge in [-0.2, -0.15) is 0 Å². The van der Waals surface area contributed by atoms with E-state index < -0.39 is 11.8 Å². The van der Waals surface area contributed by atoms with E-state index in [1.54, 1.807) is 6.07 Å². The van der Waals surface area contributed by atoms with Crippen molar-refractivity contribution in [2.24, 2.45) is 0 Å². The number of rotatable bonds is 3. The van der Waals surface area contributed by atoms with Gasteiger partial charge in [-0.05, 0) is 65.4 Å². The fourth-order valence-corrected chi connectivity index (χ4v) is 2.38. The summed E-state index contributed by atoms with van der Waals surface area (Å²) < 4.78 is 14.8. The van der Waals surface area contributed by atoms with Crippen LogP contribution in [0.5, 0.6) is 0 Å². The molecule has 2 aromatic carbocycles. The van der Waals surface area contributed by atoms with Crippen molar-refractivity contribution < 1.29 is 14.3 Å². The first-order valence-corrected chi connectivity index (χ1v) is 6.62. The molecule has 5 heteroatoms. The van der Waals surface area contributed by atoms with E-state index in [0.717, 1.165) is 9.13 Å². The van der Waals surface area contributed by atoms with Crippen LogP contribution in [0.3, 0.4) is 0 Å².